The summed E-state index contributed by atoms with van der Waals surface area (Å²) in [4.78, 5) is 10.8. The highest BCUT2D eigenvalue weighted by Gasteiger charge is 2.17. The smallest absolute Gasteiger partial charge is 0.320 e. The number of hydrogen-bond donors (Lipinski definition) is 2. The minimum atomic E-state index is -0.833. The van der Waals surface area contributed by atoms with Gasteiger partial charge in [-0.05, 0) is 31.0 Å². The lowest BCUT2D eigenvalue weighted by Gasteiger charge is -2.21. The molecule has 0 aliphatic carbocycles. The molecule has 1 rings (SSSR count). The predicted octanol–water partition coefficient (Wildman–Crippen LogP) is 3.24. The van der Waals surface area contributed by atoms with Gasteiger partial charge in [-0.25, -0.2) is 0 Å². The highest BCUT2D eigenvalue weighted by Crippen LogP contribution is 2.21. The number of carboxylic acids is 1. The number of benzene rings is 1. The van der Waals surface area contributed by atoms with Crippen LogP contribution in [0, 0.1) is 0 Å². The first-order chi connectivity index (χ1) is 8.04. The fraction of sp³-hybridized carbons (Fsp3) is 0.462. The molecule has 2 atom stereocenters. The van der Waals surface area contributed by atoms with Crippen molar-refractivity contribution in [2.45, 2.75) is 38.8 Å². The van der Waals surface area contributed by atoms with E-state index in [1.165, 1.54) is 0 Å². The summed E-state index contributed by atoms with van der Waals surface area (Å²) in [5.74, 6) is -0.833. The van der Waals surface area contributed by atoms with Gasteiger partial charge in [-0.15, -0.1) is 0 Å². The molecule has 0 aliphatic heterocycles. The number of hydrogen-bond acceptors (Lipinski definition) is 2. The average molecular weight is 256 g/mol. The minimum absolute atomic E-state index is 0.0587. The minimum Gasteiger partial charge on any atom is -0.480 e. The molecule has 0 aliphatic rings. The van der Waals surface area contributed by atoms with Crippen LogP contribution in [0.2, 0.25) is 5.02 Å². The normalized spacial score (nSPS) is 14.3. The Morgan fingerprint density at radius 2 is 2.00 bits per heavy atom. The van der Waals surface area contributed by atoms with Crippen molar-refractivity contribution in [2.75, 3.05) is 0 Å². The highest BCUT2D eigenvalue weighted by molar-refractivity contribution is 6.30. The van der Waals surface area contributed by atoms with E-state index in [1.807, 2.05) is 24.3 Å². The maximum Gasteiger partial charge on any atom is 0.320 e. The second-order valence-electron chi connectivity index (χ2n) is 4.12. The van der Waals surface area contributed by atoms with Crippen molar-refractivity contribution in [1.29, 1.82) is 0 Å². The van der Waals surface area contributed by atoms with Crippen molar-refractivity contribution in [3.63, 3.8) is 0 Å². The second-order valence-corrected chi connectivity index (χ2v) is 4.56. The SMILES string of the molecule is CCCC(NC(C)C(=O)O)c1ccc(Cl)cc1. The fourth-order valence-corrected chi connectivity index (χ4v) is 1.83. The third-order valence-electron chi connectivity index (χ3n) is 2.67. The molecule has 94 valence electrons. The molecule has 0 fully saturated rings. The zero-order valence-corrected chi connectivity index (χ0v) is 10.9. The van der Waals surface area contributed by atoms with E-state index in [1.54, 1.807) is 6.92 Å². The first-order valence-corrected chi connectivity index (χ1v) is 6.16. The van der Waals surface area contributed by atoms with E-state index in [0.29, 0.717) is 5.02 Å². The Hall–Kier alpha value is -1.06. The molecule has 0 spiro atoms. The van der Waals surface area contributed by atoms with Crippen molar-refractivity contribution in [3.8, 4) is 0 Å². The van der Waals surface area contributed by atoms with E-state index in [4.69, 9.17) is 16.7 Å². The Morgan fingerprint density at radius 1 is 1.41 bits per heavy atom. The maximum absolute atomic E-state index is 10.8. The summed E-state index contributed by atoms with van der Waals surface area (Å²) >= 11 is 5.84. The van der Waals surface area contributed by atoms with Gasteiger partial charge in [0.2, 0.25) is 0 Å². The van der Waals surface area contributed by atoms with Gasteiger partial charge in [0.25, 0.3) is 0 Å². The molecule has 0 bridgehead atoms. The quantitative estimate of drug-likeness (QED) is 0.820. The standard InChI is InChI=1S/C13H18ClNO2/c1-3-4-12(15-9(2)13(16)17)10-5-7-11(14)8-6-10/h5-9,12,15H,3-4H2,1-2H3,(H,16,17). The molecular formula is C13H18ClNO2. The molecule has 4 heteroatoms. The fourth-order valence-electron chi connectivity index (χ4n) is 1.70. The molecule has 2 unspecified atom stereocenters. The lowest BCUT2D eigenvalue weighted by molar-refractivity contribution is -0.139. The van der Waals surface area contributed by atoms with Crippen LogP contribution in [0.4, 0.5) is 0 Å². The van der Waals surface area contributed by atoms with Gasteiger partial charge in [-0.1, -0.05) is 37.1 Å². The zero-order chi connectivity index (χ0) is 12.8. The Kier molecular flexibility index (Phi) is 5.45. The molecule has 0 heterocycles. The Labute approximate surface area is 107 Å². The summed E-state index contributed by atoms with van der Waals surface area (Å²) in [6, 6.07) is 7.03. The molecule has 0 amide bonds. The molecule has 0 saturated carbocycles. The Bertz CT molecular complexity index is 364. The summed E-state index contributed by atoms with van der Waals surface area (Å²) in [7, 11) is 0. The van der Waals surface area contributed by atoms with E-state index >= 15 is 0 Å². The monoisotopic (exact) mass is 255 g/mol. The van der Waals surface area contributed by atoms with Crippen molar-refractivity contribution < 1.29 is 9.90 Å². The zero-order valence-electron chi connectivity index (χ0n) is 10.1. The number of carboxylic acid groups (broad SMARTS) is 1. The average Bonchev–Trinajstić information content (AvgIpc) is 2.29. The molecule has 17 heavy (non-hydrogen) atoms. The largest absolute Gasteiger partial charge is 0.480 e. The first-order valence-electron chi connectivity index (χ1n) is 5.79. The number of halogens is 1. The van der Waals surface area contributed by atoms with Gasteiger partial charge in [0, 0.05) is 11.1 Å². The van der Waals surface area contributed by atoms with Crippen LogP contribution in [-0.2, 0) is 4.79 Å². The Balaban J connectivity index is 2.78. The van der Waals surface area contributed by atoms with E-state index in [0.717, 1.165) is 18.4 Å². The molecule has 1 aromatic rings. The van der Waals surface area contributed by atoms with Gasteiger partial charge in [0.1, 0.15) is 6.04 Å². The van der Waals surface area contributed by atoms with Crippen molar-refractivity contribution in [2.24, 2.45) is 0 Å². The lowest BCUT2D eigenvalue weighted by atomic mass is 10.0. The van der Waals surface area contributed by atoms with Crippen molar-refractivity contribution in [1.82, 2.24) is 5.32 Å². The van der Waals surface area contributed by atoms with E-state index in [-0.39, 0.29) is 6.04 Å². The Morgan fingerprint density at radius 3 is 2.47 bits per heavy atom. The molecule has 3 nitrogen and oxygen atoms in total. The number of carbonyl (C=O) groups is 1. The van der Waals surface area contributed by atoms with Gasteiger partial charge in [-0.2, -0.15) is 0 Å². The van der Waals surface area contributed by atoms with Gasteiger partial charge in [0.05, 0.1) is 0 Å². The number of nitrogens with one attached hydrogen (secondary N) is 1. The topological polar surface area (TPSA) is 49.3 Å². The van der Waals surface area contributed by atoms with Gasteiger partial charge >= 0.3 is 5.97 Å². The molecule has 2 N–H and O–H groups in total. The van der Waals surface area contributed by atoms with Gasteiger partial charge in [-0.3, -0.25) is 10.1 Å². The van der Waals surface area contributed by atoms with Crippen LogP contribution in [0.3, 0.4) is 0 Å². The summed E-state index contributed by atoms with van der Waals surface area (Å²) < 4.78 is 0. The van der Waals surface area contributed by atoms with Gasteiger partial charge in [0.15, 0.2) is 0 Å². The molecule has 0 saturated heterocycles. The highest BCUT2D eigenvalue weighted by atomic mass is 35.5. The summed E-state index contributed by atoms with van der Waals surface area (Å²) in [6.07, 6.45) is 1.89. The summed E-state index contributed by atoms with van der Waals surface area (Å²) in [5, 5.41) is 12.7. The number of aliphatic carboxylic acids is 1. The summed E-state index contributed by atoms with van der Waals surface area (Å²) in [5.41, 5.74) is 1.07. The van der Waals surface area contributed by atoms with E-state index in [2.05, 4.69) is 12.2 Å². The van der Waals surface area contributed by atoms with Crippen molar-refractivity contribution in [3.05, 3.63) is 34.9 Å². The molecule has 0 radical (unpaired) electrons. The van der Waals surface area contributed by atoms with E-state index < -0.39 is 12.0 Å². The first kappa shape index (κ1) is 14.0. The third-order valence-corrected chi connectivity index (χ3v) is 2.92. The predicted molar refractivity (Wildman–Crippen MR) is 69.3 cm³/mol. The van der Waals surface area contributed by atoms with Gasteiger partial charge < -0.3 is 5.11 Å². The van der Waals surface area contributed by atoms with Crippen LogP contribution in [0.5, 0.6) is 0 Å². The molecule has 0 aromatic heterocycles. The molecular weight excluding hydrogens is 238 g/mol. The lowest BCUT2D eigenvalue weighted by Crippen LogP contribution is -2.36. The molecule has 1 aromatic carbocycles. The van der Waals surface area contributed by atoms with Crippen LogP contribution in [-0.4, -0.2) is 17.1 Å². The maximum atomic E-state index is 10.8. The van der Waals surface area contributed by atoms with Crippen molar-refractivity contribution >= 4 is 17.6 Å². The number of rotatable bonds is 6. The van der Waals surface area contributed by atoms with Crippen LogP contribution in [0.1, 0.15) is 38.3 Å². The summed E-state index contributed by atoms with van der Waals surface area (Å²) in [6.45, 7) is 3.73. The van der Waals surface area contributed by atoms with Crippen LogP contribution < -0.4 is 5.32 Å². The van der Waals surface area contributed by atoms with E-state index in [9.17, 15) is 4.79 Å². The second kappa shape index (κ2) is 6.62. The third kappa shape index (κ3) is 4.36. The van der Waals surface area contributed by atoms with Crippen LogP contribution in [0.15, 0.2) is 24.3 Å². The van der Waals surface area contributed by atoms with Crippen LogP contribution >= 0.6 is 11.6 Å². The van der Waals surface area contributed by atoms with Crippen LogP contribution in [0.25, 0.3) is 0 Å².